The van der Waals surface area contributed by atoms with E-state index in [0.29, 0.717) is 50.4 Å². The molecule has 1 amide bonds. The molecule has 1 aliphatic heterocycles. The standard InChI is InChI=1S/C22H24N6O2/c1-22(2)16-4-3-14(11-15(16)13-17(22)29)12-18-25-21-20(24-7-10-28(21)26-18)27-8-5-19(30)23-6-9-27/h3-4,7,10-11H,5-6,8-9,12-13H2,1-2H3,(H,23,30). The van der Waals surface area contributed by atoms with Crippen LogP contribution in [0.15, 0.2) is 30.6 Å². The van der Waals surface area contributed by atoms with Gasteiger partial charge >= 0.3 is 0 Å². The van der Waals surface area contributed by atoms with Crippen molar-refractivity contribution in [2.75, 3.05) is 24.5 Å². The molecule has 0 spiro atoms. The number of anilines is 1. The van der Waals surface area contributed by atoms with Crippen LogP contribution in [0.5, 0.6) is 0 Å². The summed E-state index contributed by atoms with van der Waals surface area (Å²) in [4.78, 5) is 35.3. The minimum absolute atomic E-state index is 0.0601. The molecule has 5 rings (SSSR count). The van der Waals surface area contributed by atoms with E-state index in [1.54, 1.807) is 16.9 Å². The van der Waals surface area contributed by atoms with E-state index in [-0.39, 0.29) is 11.7 Å². The second-order valence-electron chi connectivity index (χ2n) is 8.53. The molecule has 1 fully saturated rings. The van der Waals surface area contributed by atoms with Gasteiger partial charge in [0.25, 0.3) is 0 Å². The molecular formula is C22H24N6O2. The first-order chi connectivity index (χ1) is 14.4. The number of hydrogen-bond donors (Lipinski definition) is 1. The Morgan fingerprint density at radius 3 is 2.93 bits per heavy atom. The van der Waals surface area contributed by atoms with E-state index in [1.807, 2.05) is 13.8 Å². The Balaban J connectivity index is 1.43. The zero-order chi connectivity index (χ0) is 20.9. The molecule has 0 saturated carbocycles. The summed E-state index contributed by atoms with van der Waals surface area (Å²) in [5, 5.41) is 7.51. The van der Waals surface area contributed by atoms with Gasteiger partial charge in [0.05, 0.1) is 0 Å². The van der Waals surface area contributed by atoms with Crippen LogP contribution in [0.3, 0.4) is 0 Å². The Morgan fingerprint density at radius 2 is 2.07 bits per heavy atom. The van der Waals surface area contributed by atoms with Crippen LogP contribution < -0.4 is 10.2 Å². The first-order valence-electron chi connectivity index (χ1n) is 10.3. The summed E-state index contributed by atoms with van der Waals surface area (Å²) in [6, 6.07) is 6.24. The number of fused-ring (bicyclic) bond motifs is 2. The molecule has 154 valence electrons. The van der Waals surface area contributed by atoms with Crippen LogP contribution in [-0.4, -0.2) is 50.9 Å². The summed E-state index contributed by atoms with van der Waals surface area (Å²) in [7, 11) is 0. The Labute approximate surface area is 174 Å². The zero-order valence-electron chi connectivity index (χ0n) is 17.2. The number of nitrogens with zero attached hydrogens (tertiary/aromatic N) is 5. The molecule has 0 bridgehead atoms. The van der Waals surface area contributed by atoms with Crippen LogP contribution >= 0.6 is 0 Å². The van der Waals surface area contributed by atoms with E-state index in [2.05, 4.69) is 38.5 Å². The summed E-state index contributed by atoms with van der Waals surface area (Å²) < 4.78 is 1.75. The average molecular weight is 404 g/mol. The van der Waals surface area contributed by atoms with Crippen molar-refractivity contribution in [2.24, 2.45) is 0 Å². The largest absolute Gasteiger partial charge is 0.354 e. The highest BCUT2D eigenvalue weighted by Crippen LogP contribution is 2.36. The van der Waals surface area contributed by atoms with E-state index in [1.165, 1.54) is 0 Å². The number of ketones is 1. The van der Waals surface area contributed by atoms with Crippen LogP contribution in [-0.2, 0) is 27.8 Å². The van der Waals surface area contributed by atoms with Gasteiger partial charge in [0.2, 0.25) is 5.91 Å². The smallest absolute Gasteiger partial charge is 0.221 e. The van der Waals surface area contributed by atoms with E-state index in [4.69, 9.17) is 4.98 Å². The number of Topliss-reactive ketones (excluding diaryl/α,β-unsaturated/α-hetero) is 1. The molecule has 8 heteroatoms. The number of carbonyl (C=O) groups is 2. The molecule has 1 saturated heterocycles. The van der Waals surface area contributed by atoms with Crippen LogP contribution in [0.2, 0.25) is 0 Å². The van der Waals surface area contributed by atoms with Crippen molar-refractivity contribution in [3.05, 3.63) is 53.1 Å². The van der Waals surface area contributed by atoms with E-state index in [9.17, 15) is 9.59 Å². The molecule has 2 aliphatic rings. The number of rotatable bonds is 3. The molecule has 3 aromatic rings. The summed E-state index contributed by atoms with van der Waals surface area (Å²) >= 11 is 0. The maximum absolute atomic E-state index is 12.3. The molecule has 0 atom stereocenters. The Morgan fingerprint density at radius 1 is 1.20 bits per heavy atom. The molecule has 1 aromatic carbocycles. The Kier molecular flexibility index (Phi) is 4.30. The fraction of sp³-hybridized carbons (Fsp3) is 0.409. The van der Waals surface area contributed by atoms with E-state index in [0.717, 1.165) is 22.5 Å². The van der Waals surface area contributed by atoms with Gasteiger partial charge in [-0.2, -0.15) is 5.10 Å². The fourth-order valence-corrected chi connectivity index (χ4v) is 4.37. The van der Waals surface area contributed by atoms with Crippen LogP contribution in [0.1, 0.15) is 42.8 Å². The minimum atomic E-state index is -0.404. The Hall–Kier alpha value is -3.29. The predicted octanol–water partition coefficient (Wildman–Crippen LogP) is 1.44. The maximum Gasteiger partial charge on any atom is 0.221 e. The lowest BCUT2D eigenvalue weighted by atomic mass is 9.85. The van der Waals surface area contributed by atoms with Crippen LogP contribution in [0.25, 0.3) is 5.65 Å². The lowest BCUT2D eigenvalue weighted by molar-refractivity contribution is -0.122. The highest BCUT2D eigenvalue weighted by atomic mass is 16.1. The summed E-state index contributed by atoms with van der Waals surface area (Å²) in [5.41, 5.74) is 3.61. The van der Waals surface area contributed by atoms with Gasteiger partial charge in [0, 0.05) is 56.7 Å². The second-order valence-corrected chi connectivity index (χ2v) is 8.53. The molecular weight excluding hydrogens is 380 g/mol. The van der Waals surface area contributed by atoms with Gasteiger partial charge < -0.3 is 10.2 Å². The third-order valence-corrected chi connectivity index (χ3v) is 6.15. The average Bonchev–Trinajstić information content (AvgIpc) is 3.12. The first-order valence-corrected chi connectivity index (χ1v) is 10.3. The minimum Gasteiger partial charge on any atom is -0.354 e. The molecule has 2 aromatic heterocycles. The molecule has 3 heterocycles. The lowest BCUT2D eigenvalue weighted by Crippen LogP contribution is -2.29. The first kappa shape index (κ1) is 18.7. The van der Waals surface area contributed by atoms with E-state index >= 15 is 0 Å². The topological polar surface area (TPSA) is 92.5 Å². The third-order valence-electron chi connectivity index (χ3n) is 6.15. The van der Waals surface area contributed by atoms with Gasteiger partial charge in [0.1, 0.15) is 5.78 Å². The number of nitrogens with one attached hydrogen (secondary N) is 1. The highest BCUT2D eigenvalue weighted by Gasteiger charge is 2.37. The van der Waals surface area contributed by atoms with Crippen molar-refractivity contribution in [1.29, 1.82) is 0 Å². The second kappa shape index (κ2) is 6.90. The molecule has 0 unspecified atom stereocenters. The van der Waals surface area contributed by atoms with Crippen LogP contribution in [0.4, 0.5) is 5.82 Å². The fourth-order valence-electron chi connectivity index (χ4n) is 4.37. The van der Waals surface area contributed by atoms with Crippen molar-refractivity contribution in [3.63, 3.8) is 0 Å². The van der Waals surface area contributed by atoms with Gasteiger partial charge in [-0.05, 0) is 30.5 Å². The monoisotopic (exact) mass is 404 g/mol. The van der Waals surface area contributed by atoms with Crippen molar-refractivity contribution in [1.82, 2.24) is 24.9 Å². The van der Waals surface area contributed by atoms with Crippen molar-refractivity contribution in [3.8, 4) is 0 Å². The number of hydrogen-bond acceptors (Lipinski definition) is 6. The zero-order valence-corrected chi connectivity index (χ0v) is 17.2. The van der Waals surface area contributed by atoms with E-state index < -0.39 is 5.41 Å². The Bertz CT molecular complexity index is 1170. The normalized spacial score (nSPS) is 18.4. The molecule has 1 aliphatic carbocycles. The third kappa shape index (κ3) is 3.12. The molecule has 0 radical (unpaired) electrons. The van der Waals surface area contributed by atoms with Gasteiger partial charge in [-0.15, -0.1) is 0 Å². The predicted molar refractivity (Wildman–Crippen MR) is 112 cm³/mol. The number of carbonyl (C=O) groups excluding carboxylic acids is 2. The molecule has 30 heavy (non-hydrogen) atoms. The number of benzene rings is 1. The summed E-state index contributed by atoms with van der Waals surface area (Å²) in [6.07, 6.45) is 5.02. The highest BCUT2D eigenvalue weighted by molar-refractivity contribution is 5.95. The van der Waals surface area contributed by atoms with Crippen LogP contribution in [0, 0.1) is 0 Å². The van der Waals surface area contributed by atoms with Crippen molar-refractivity contribution < 1.29 is 9.59 Å². The van der Waals surface area contributed by atoms with Gasteiger partial charge in [-0.3, -0.25) is 9.59 Å². The van der Waals surface area contributed by atoms with Crippen molar-refractivity contribution in [2.45, 2.75) is 38.5 Å². The molecule has 1 N–H and O–H groups in total. The maximum atomic E-state index is 12.3. The van der Waals surface area contributed by atoms with Gasteiger partial charge in [-0.1, -0.05) is 18.2 Å². The SMILES string of the molecule is CC1(C)C(=O)Cc2cc(Cc3nc4c(N5CCNC(=O)CC5)nccn4n3)ccc21. The number of amides is 1. The molecule has 8 nitrogen and oxygen atoms in total. The number of aromatic nitrogens is 4. The van der Waals surface area contributed by atoms with Gasteiger partial charge in [0.15, 0.2) is 17.3 Å². The summed E-state index contributed by atoms with van der Waals surface area (Å²) in [6.45, 7) is 5.87. The van der Waals surface area contributed by atoms with Gasteiger partial charge in [-0.25, -0.2) is 14.5 Å². The lowest BCUT2D eigenvalue weighted by Gasteiger charge is -2.20. The quantitative estimate of drug-likeness (QED) is 0.710. The van der Waals surface area contributed by atoms with Crippen molar-refractivity contribution >= 4 is 23.2 Å². The summed E-state index contributed by atoms with van der Waals surface area (Å²) in [5.74, 6) is 1.78.